The summed E-state index contributed by atoms with van der Waals surface area (Å²) < 4.78 is 0. The fourth-order valence-electron chi connectivity index (χ4n) is 3.73. The van der Waals surface area contributed by atoms with E-state index < -0.39 is 0 Å². The summed E-state index contributed by atoms with van der Waals surface area (Å²) in [7, 11) is 2.15. The van der Waals surface area contributed by atoms with Crippen LogP contribution in [0.3, 0.4) is 0 Å². The van der Waals surface area contributed by atoms with E-state index in [2.05, 4.69) is 33.5 Å². The molecule has 5 nitrogen and oxygen atoms in total. The van der Waals surface area contributed by atoms with Crippen molar-refractivity contribution in [2.75, 3.05) is 25.5 Å². The van der Waals surface area contributed by atoms with Crippen molar-refractivity contribution in [1.29, 1.82) is 0 Å². The van der Waals surface area contributed by atoms with Crippen molar-refractivity contribution in [3.8, 4) is 17.0 Å². The Morgan fingerprint density at radius 1 is 1.16 bits per heavy atom. The molecule has 0 spiro atoms. The molecular formula is C20H26N4O. The van der Waals surface area contributed by atoms with E-state index in [9.17, 15) is 5.11 Å². The Labute approximate surface area is 149 Å². The van der Waals surface area contributed by atoms with Gasteiger partial charge in [-0.05, 0) is 81.4 Å². The van der Waals surface area contributed by atoms with E-state index in [1.165, 1.54) is 24.8 Å². The highest BCUT2D eigenvalue weighted by Gasteiger charge is 2.24. The van der Waals surface area contributed by atoms with Crippen LogP contribution in [-0.2, 0) is 0 Å². The van der Waals surface area contributed by atoms with Gasteiger partial charge >= 0.3 is 0 Å². The van der Waals surface area contributed by atoms with E-state index in [0.29, 0.717) is 17.7 Å². The number of phenols is 1. The summed E-state index contributed by atoms with van der Waals surface area (Å²) in [4.78, 5) is 2.34. The van der Waals surface area contributed by atoms with E-state index in [1.54, 1.807) is 0 Å². The number of likely N-dealkylation sites (tertiary alicyclic amines) is 1. The number of anilines is 1. The summed E-state index contributed by atoms with van der Waals surface area (Å²) >= 11 is 0. The van der Waals surface area contributed by atoms with Crippen LogP contribution in [0.1, 0.15) is 42.7 Å². The fraction of sp³-hybridized carbons (Fsp3) is 0.500. The van der Waals surface area contributed by atoms with Gasteiger partial charge in [0.15, 0.2) is 0 Å². The van der Waals surface area contributed by atoms with Gasteiger partial charge in [0, 0.05) is 18.2 Å². The number of nitrogens with zero attached hydrogens (tertiary/aromatic N) is 3. The first kappa shape index (κ1) is 16.3. The van der Waals surface area contributed by atoms with Gasteiger partial charge in [-0.15, -0.1) is 10.2 Å². The summed E-state index contributed by atoms with van der Waals surface area (Å²) in [6.45, 7) is 4.22. The predicted molar refractivity (Wildman–Crippen MR) is 100.0 cm³/mol. The molecule has 132 valence electrons. The third-order valence-corrected chi connectivity index (χ3v) is 5.29. The minimum Gasteiger partial charge on any atom is -0.507 e. The number of hydrogen-bond acceptors (Lipinski definition) is 5. The molecule has 0 radical (unpaired) electrons. The van der Waals surface area contributed by atoms with E-state index >= 15 is 0 Å². The van der Waals surface area contributed by atoms with Gasteiger partial charge in [-0.1, -0.05) is 6.07 Å². The molecule has 1 aliphatic heterocycles. The van der Waals surface area contributed by atoms with Crippen LogP contribution in [0.25, 0.3) is 11.3 Å². The van der Waals surface area contributed by atoms with Gasteiger partial charge in [0.2, 0.25) is 0 Å². The molecule has 5 heteroatoms. The van der Waals surface area contributed by atoms with E-state index in [-0.39, 0.29) is 0 Å². The number of aryl methyl sites for hydroxylation is 1. The van der Waals surface area contributed by atoms with Crippen LogP contribution in [-0.4, -0.2) is 46.4 Å². The lowest BCUT2D eigenvalue weighted by molar-refractivity contribution is 0.260. The number of aromatic nitrogens is 2. The molecule has 1 atom stereocenters. The van der Waals surface area contributed by atoms with Crippen molar-refractivity contribution < 1.29 is 5.11 Å². The van der Waals surface area contributed by atoms with Gasteiger partial charge in [-0.25, -0.2) is 0 Å². The zero-order valence-electron chi connectivity index (χ0n) is 15.0. The molecule has 2 aliphatic rings. The molecule has 2 heterocycles. The average Bonchev–Trinajstić information content (AvgIpc) is 3.41. The van der Waals surface area contributed by atoms with Crippen LogP contribution in [0.5, 0.6) is 5.75 Å². The summed E-state index contributed by atoms with van der Waals surface area (Å²) in [6.07, 6.45) is 4.83. The smallest absolute Gasteiger partial charge is 0.149 e. The van der Waals surface area contributed by atoms with Crippen molar-refractivity contribution >= 4 is 5.82 Å². The molecule has 1 saturated heterocycles. The van der Waals surface area contributed by atoms with Crippen molar-refractivity contribution in [3.05, 3.63) is 35.4 Å². The van der Waals surface area contributed by atoms with Crippen LogP contribution in [0.4, 0.5) is 5.82 Å². The van der Waals surface area contributed by atoms with Gasteiger partial charge < -0.3 is 15.3 Å². The minimum atomic E-state index is 0.302. The molecule has 0 amide bonds. The predicted octanol–water partition coefficient (Wildman–Crippen LogP) is 3.54. The largest absolute Gasteiger partial charge is 0.507 e. The Hall–Kier alpha value is -2.14. The zero-order chi connectivity index (χ0) is 17.4. The maximum Gasteiger partial charge on any atom is 0.149 e. The van der Waals surface area contributed by atoms with E-state index in [0.717, 1.165) is 42.1 Å². The van der Waals surface area contributed by atoms with Crippen molar-refractivity contribution in [2.24, 2.45) is 0 Å². The molecule has 2 fully saturated rings. The monoisotopic (exact) mass is 338 g/mol. The third-order valence-electron chi connectivity index (χ3n) is 5.29. The third kappa shape index (κ3) is 3.61. The highest BCUT2D eigenvalue weighted by molar-refractivity contribution is 5.70. The minimum absolute atomic E-state index is 0.302. The quantitative estimate of drug-likeness (QED) is 0.893. The van der Waals surface area contributed by atoms with Crippen molar-refractivity contribution in [1.82, 2.24) is 15.1 Å². The molecule has 2 N–H and O–H groups in total. The van der Waals surface area contributed by atoms with Crippen LogP contribution < -0.4 is 5.32 Å². The Kier molecular flexibility index (Phi) is 4.34. The first-order chi connectivity index (χ1) is 12.1. The van der Waals surface area contributed by atoms with Gasteiger partial charge in [-0.3, -0.25) is 0 Å². The molecule has 1 aromatic heterocycles. The second-order valence-electron chi connectivity index (χ2n) is 7.56. The number of hydrogen-bond donors (Lipinski definition) is 2. The molecule has 1 aromatic carbocycles. The maximum absolute atomic E-state index is 10.4. The summed E-state index contributed by atoms with van der Waals surface area (Å²) in [5.41, 5.74) is 3.77. The summed E-state index contributed by atoms with van der Waals surface area (Å²) in [5.74, 6) is 1.75. The standard InChI is InChI=1S/C20H26N4O/c1-13-10-19(21-16-4-3-9-24(2)12-16)22-23-20(13)17-8-7-15(11-18(17)25)14-5-6-14/h7-8,10-11,14,16,25H,3-6,9,12H2,1-2H3,(H,21,22)/t16-/m0/s1. The molecule has 4 rings (SSSR count). The number of likely N-dealkylation sites (N-methyl/N-ethyl adjacent to an activating group) is 1. The van der Waals surface area contributed by atoms with Crippen LogP contribution in [0.15, 0.2) is 24.3 Å². The summed E-state index contributed by atoms with van der Waals surface area (Å²) in [6, 6.07) is 8.43. The van der Waals surface area contributed by atoms with Gasteiger partial charge in [0.25, 0.3) is 0 Å². The van der Waals surface area contributed by atoms with Crippen molar-refractivity contribution in [3.63, 3.8) is 0 Å². The molecule has 2 aromatic rings. The Bertz CT molecular complexity index is 772. The van der Waals surface area contributed by atoms with E-state index in [4.69, 9.17) is 0 Å². The number of benzene rings is 1. The fourth-order valence-corrected chi connectivity index (χ4v) is 3.73. The Morgan fingerprint density at radius 2 is 2.00 bits per heavy atom. The van der Waals surface area contributed by atoms with Crippen LogP contribution in [0, 0.1) is 6.92 Å². The number of phenolic OH excluding ortho intramolecular Hbond substituents is 1. The lowest BCUT2D eigenvalue weighted by Crippen LogP contribution is -2.39. The van der Waals surface area contributed by atoms with Crippen LogP contribution >= 0.6 is 0 Å². The lowest BCUT2D eigenvalue weighted by Gasteiger charge is -2.30. The molecule has 0 unspecified atom stereocenters. The SMILES string of the molecule is Cc1cc(N[C@H]2CCCN(C)C2)nnc1-c1ccc(C2CC2)cc1O. The second-order valence-corrected chi connectivity index (χ2v) is 7.56. The van der Waals surface area contributed by atoms with Gasteiger partial charge in [-0.2, -0.15) is 0 Å². The van der Waals surface area contributed by atoms with Gasteiger partial charge in [0.1, 0.15) is 11.6 Å². The maximum atomic E-state index is 10.4. The number of aromatic hydroxyl groups is 1. The Morgan fingerprint density at radius 3 is 2.68 bits per heavy atom. The second kappa shape index (κ2) is 6.64. The van der Waals surface area contributed by atoms with Crippen LogP contribution in [0.2, 0.25) is 0 Å². The first-order valence-corrected chi connectivity index (χ1v) is 9.23. The topological polar surface area (TPSA) is 61.3 Å². The highest BCUT2D eigenvalue weighted by atomic mass is 16.3. The average molecular weight is 338 g/mol. The molecule has 1 saturated carbocycles. The lowest BCUT2D eigenvalue weighted by atomic mass is 10.0. The normalized spacial score (nSPS) is 21.3. The first-order valence-electron chi connectivity index (χ1n) is 9.23. The Balaban J connectivity index is 1.53. The highest BCUT2D eigenvalue weighted by Crippen LogP contribution is 2.42. The summed E-state index contributed by atoms with van der Waals surface area (Å²) in [5, 5.41) is 22.7. The number of rotatable bonds is 4. The molecule has 25 heavy (non-hydrogen) atoms. The van der Waals surface area contributed by atoms with Crippen molar-refractivity contribution in [2.45, 2.75) is 44.6 Å². The molecular weight excluding hydrogens is 312 g/mol. The molecule has 0 bridgehead atoms. The number of nitrogens with one attached hydrogen (secondary N) is 1. The van der Waals surface area contributed by atoms with Gasteiger partial charge in [0.05, 0.1) is 5.69 Å². The number of piperidine rings is 1. The zero-order valence-corrected chi connectivity index (χ0v) is 15.0. The molecule has 1 aliphatic carbocycles. The van der Waals surface area contributed by atoms with E-state index in [1.807, 2.05) is 25.1 Å².